The van der Waals surface area contributed by atoms with Gasteiger partial charge in [0.15, 0.2) is 0 Å². The monoisotopic (exact) mass is 239 g/mol. The molecule has 1 heterocycles. The maximum atomic E-state index is 11.2. The molecule has 0 aliphatic carbocycles. The maximum Gasteiger partial charge on any atom is 0.376 e. The molecule has 0 aliphatic rings. The van der Waals surface area contributed by atoms with Crippen LogP contribution in [0.5, 0.6) is 0 Å². The van der Waals surface area contributed by atoms with E-state index in [1.54, 1.807) is 13.0 Å². The van der Waals surface area contributed by atoms with Gasteiger partial charge in [0.1, 0.15) is 5.82 Å². The molecule has 0 aliphatic heterocycles. The second kappa shape index (κ2) is 5.58. The lowest BCUT2D eigenvalue weighted by molar-refractivity contribution is 0.0587. The fraction of sp³-hybridized carbons (Fsp3) is 0.545. The van der Waals surface area contributed by atoms with E-state index in [-0.39, 0.29) is 5.82 Å². The lowest BCUT2D eigenvalue weighted by Gasteiger charge is -2.21. The van der Waals surface area contributed by atoms with Gasteiger partial charge in [0.2, 0.25) is 5.82 Å². The predicted octanol–water partition coefficient (Wildman–Crippen LogP) is 0.836. The Morgan fingerprint density at radius 2 is 2.35 bits per heavy atom. The molecule has 0 bridgehead atoms. The van der Waals surface area contributed by atoms with Crippen LogP contribution in [-0.2, 0) is 4.74 Å². The largest absolute Gasteiger partial charge is 0.463 e. The molecule has 94 valence electrons. The summed E-state index contributed by atoms with van der Waals surface area (Å²) in [6.07, 6.45) is 2.08. The van der Waals surface area contributed by atoms with Gasteiger partial charge in [0.25, 0.3) is 0 Å². The molecule has 0 amide bonds. The summed E-state index contributed by atoms with van der Waals surface area (Å²) in [5.74, 6) is -0.112. The number of ether oxygens (including phenoxy) is 1. The topological polar surface area (TPSA) is 84.3 Å². The van der Waals surface area contributed by atoms with Gasteiger partial charge in [-0.05, 0) is 19.4 Å². The van der Waals surface area contributed by atoms with Crippen molar-refractivity contribution in [2.75, 3.05) is 19.0 Å². The van der Waals surface area contributed by atoms with Crippen molar-refractivity contribution in [1.82, 2.24) is 9.97 Å². The molecule has 1 rings (SSSR count). The van der Waals surface area contributed by atoms with Crippen LogP contribution in [0.3, 0.4) is 0 Å². The average Bonchev–Trinajstić information content (AvgIpc) is 2.36. The normalized spacial score (nSPS) is 13.9. The first kappa shape index (κ1) is 13.4. The molecule has 6 heteroatoms. The van der Waals surface area contributed by atoms with E-state index in [0.717, 1.165) is 0 Å². The Balaban J connectivity index is 2.70. The molecule has 1 aromatic heterocycles. The van der Waals surface area contributed by atoms with Crippen molar-refractivity contribution in [3.63, 3.8) is 0 Å². The number of nitrogens with one attached hydrogen (secondary N) is 1. The SMILES string of the molecule is CCC(C)(O)CNc1ccnc(C(=O)OC)n1. The van der Waals surface area contributed by atoms with Gasteiger partial charge in [-0.1, -0.05) is 6.92 Å². The molecule has 0 saturated carbocycles. The summed E-state index contributed by atoms with van der Waals surface area (Å²) in [6, 6.07) is 1.62. The Morgan fingerprint density at radius 1 is 1.65 bits per heavy atom. The van der Waals surface area contributed by atoms with Crippen molar-refractivity contribution in [2.45, 2.75) is 25.9 Å². The number of hydrogen-bond donors (Lipinski definition) is 2. The lowest BCUT2D eigenvalue weighted by Crippen LogP contribution is -2.32. The molecule has 0 spiro atoms. The summed E-state index contributed by atoms with van der Waals surface area (Å²) in [6.45, 7) is 3.96. The third-order valence-corrected chi connectivity index (χ3v) is 2.44. The summed E-state index contributed by atoms with van der Waals surface area (Å²) in [5, 5.41) is 12.8. The van der Waals surface area contributed by atoms with E-state index >= 15 is 0 Å². The highest BCUT2D eigenvalue weighted by Gasteiger charge is 2.17. The molecule has 1 atom stereocenters. The van der Waals surface area contributed by atoms with Crippen LogP contribution in [0.1, 0.15) is 30.9 Å². The molecule has 6 nitrogen and oxygen atoms in total. The van der Waals surface area contributed by atoms with Gasteiger partial charge in [-0.3, -0.25) is 0 Å². The number of carbonyl (C=O) groups is 1. The molecule has 0 radical (unpaired) electrons. The number of aromatic nitrogens is 2. The van der Waals surface area contributed by atoms with E-state index in [0.29, 0.717) is 18.8 Å². The van der Waals surface area contributed by atoms with Crippen LogP contribution in [0.4, 0.5) is 5.82 Å². The summed E-state index contributed by atoms with van der Waals surface area (Å²) in [5.41, 5.74) is -0.809. The van der Waals surface area contributed by atoms with Crippen LogP contribution >= 0.6 is 0 Å². The molecule has 1 aromatic rings. The maximum absolute atomic E-state index is 11.2. The number of anilines is 1. The zero-order chi connectivity index (χ0) is 12.9. The van der Waals surface area contributed by atoms with Crippen LogP contribution in [0, 0.1) is 0 Å². The molecular weight excluding hydrogens is 222 g/mol. The Morgan fingerprint density at radius 3 is 2.94 bits per heavy atom. The first-order valence-corrected chi connectivity index (χ1v) is 5.36. The Hall–Kier alpha value is -1.69. The van der Waals surface area contributed by atoms with Crippen LogP contribution in [0.2, 0.25) is 0 Å². The Labute approximate surface area is 100 Å². The minimum Gasteiger partial charge on any atom is -0.463 e. The average molecular weight is 239 g/mol. The minimum atomic E-state index is -0.809. The highest BCUT2D eigenvalue weighted by molar-refractivity contribution is 5.85. The molecule has 17 heavy (non-hydrogen) atoms. The third-order valence-electron chi connectivity index (χ3n) is 2.44. The van der Waals surface area contributed by atoms with E-state index in [2.05, 4.69) is 20.0 Å². The van der Waals surface area contributed by atoms with Crippen LogP contribution in [-0.4, -0.2) is 40.3 Å². The van der Waals surface area contributed by atoms with Crippen LogP contribution in [0.25, 0.3) is 0 Å². The molecule has 0 fully saturated rings. The molecule has 2 N–H and O–H groups in total. The number of methoxy groups -OCH3 is 1. The van der Waals surface area contributed by atoms with Gasteiger partial charge in [-0.15, -0.1) is 0 Å². The van der Waals surface area contributed by atoms with E-state index < -0.39 is 11.6 Å². The van der Waals surface area contributed by atoms with E-state index in [1.165, 1.54) is 13.3 Å². The number of aliphatic hydroxyl groups is 1. The van der Waals surface area contributed by atoms with E-state index in [9.17, 15) is 9.90 Å². The van der Waals surface area contributed by atoms with Crippen molar-refractivity contribution >= 4 is 11.8 Å². The Kier molecular flexibility index (Phi) is 4.39. The number of rotatable bonds is 5. The Bertz CT molecular complexity index is 393. The summed E-state index contributed by atoms with van der Waals surface area (Å²) < 4.78 is 4.52. The van der Waals surface area contributed by atoms with Gasteiger partial charge in [0, 0.05) is 12.7 Å². The molecule has 0 aromatic carbocycles. The molecule has 1 unspecified atom stereocenters. The van der Waals surface area contributed by atoms with Gasteiger partial charge >= 0.3 is 5.97 Å². The smallest absolute Gasteiger partial charge is 0.376 e. The summed E-state index contributed by atoms with van der Waals surface area (Å²) in [4.78, 5) is 19.0. The second-order valence-electron chi connectivity index (χ2n) is 3.96. The van der Waals surface area contributed by atoms with Crippen molar-refractivity contribution in [3.05, 3.63) is 18.1 Å². The van der Waals surface area contributed by atoms with Crippen molar-refractivity contribution in [1.29, 1.82) is 0 Å². The highest BCUT2D eigenvalue weighted by Crippen LogP contribution is 2.10. The highest BCUT2D eigenvalue weighted by atomic mass is 16.5. The van der Waals surface area contributed by atoms with E-state index in [4.69, 9.17) is 0 Å². The standard InChI is InChI=1S/C11H17N3O3/c1-4-11(2,16)7-13-8-5-6-12-9(14-8)10(15)17-3/h5-6,16H,4,7H2,1-3H3,(H,12,13,14). The number of esters is 1. The van der Waals surface area contributed by atoms with Gasteiger partial charge in [0.05, 0.1) is 12.7 Å². The van der Waals surface area contributed by atoms with Gasteiger partial charge in [-0.25, -0.2) is 14.8 Å². The fourth-order valence-corrected chi connectivity index (χ4v) is 1.05. The third kappa shape index (κ3) is 3.99. The number of hydrogen-bond acceptors (Lipinski definition) is 6. The van der Waals surface area contributed by atoms with Crippen LogP contribution < -0.4 is 5.32 Å². The van der Waals surface area contributed by atoms with Gasteiger partial charge < -0.3 is 15.2 Å². The van der Waals surface area contributed by atoms with Crippen LogP contribution in [0.15, 0.2) is 12.3 Å². The van der Waals surface area contributed by atoms with Crippen molar-refractivity contribution in [2.24, 2.45) is 0 Å². The second-order valence-corrected chi connectivity index (χ2v) is 3.96. The van der Waals surface area contributed by atoms with Crippen molar-refractivity contribution < 1.29 is 14.6 Å². The number of nitrogens with zero attached hydrogens (tertiary/aromatic N) is 2. The first-order valence-electron chi connectivity index (χ1n) is 5.36. The molecular formula is C11H17N3O3. The number of carbonyl (C=O) groups excluding carboxylic acids is 1. The fourth-order valence-electron chi connectivity index (χ4n) is 1.05. The quantitative estimate of drug-likeness (QED) is 0.740. The predicted molar refractivity (Wildman–Crippen MR) is 62.8 cm³/mol. The molecule has 0 saturated heterocycles. The van der Waals surface area contributed by atoms with E-state index in [1.807, 2.05) is 6.92 Å². The zero-order valence-corrected chi connectivity index (χ0v) is 10.2. The van der Waals surface area contributed by atoms with Gasteiger partial charge in [-0.2, -0.15) is 0 Å². The first-order chi connectivity index (χ1) is 7.98. The summed E-state index contributed by atoms with van der Waals surface area (Å²) >= 11 is 0. The summed E-state index contributed by atoms with van der Waals surface area (Å²) in [7, 11) is 1.27. The van der Waals surface area contributed by atoms with Crippen molar-refractivity contribution in [3.8, 4) is 0 Å². The zero-order valence-electron chi connectivity index (χ0n) is 10.2. The minimum absolute atomic E-state index is 0.00589. The lowest BCUT2D eigenvalue weighted by atomic mass is 10.0.